The molecular formula is C12H14N4O3. The van der Waals surface area contributed by atoms with Gasteiger partial charge in [-0.1, -0.05) is 17.3 Å². The Morgan fingerprint density at radius 3 is 3.05 bits per heavy atom. The summed E-state index contributed by atoms with van der Waals surface area (Å²) in [6.45, 7) is 0.578. The van der Waals surface area contributed by atoms with Gasteiger partial charge in [-0.2, -0.15) is 0 Å². The third-order valence-electron chi connectivity index (χ3n) is 2.43. The lowest BCUT2D eigenvalue weighted by atomic mass is 10.2. The van der Waals surface area contributed by atoms with Crippen molar-refractivity contribution in [3.05, 3.63) is 41.7 Å². The van der Waals surface area contributed by atoms with Crippen molar-refractivity contribution in [2.45, 2.75) is 13.2 Å². The number of aromatic nitrogens is 3. The molecule has 0 radical (unpaired) electrons. The fraction of sp³-hybridized carbons (Fsp3) is 0.250. The van der Waals surface area contributed by atoms with Gasteiger partial charge in [0.25, 0.3) is 0 Å². The Morgan fingerprint density at radius 2 is 2.32 bits per heavy atom. The maximum Gasteiger partial charge on any atom is 0.404 e. The lowest BCUT2D eigenvalue weighted by molar-refractivity contribution is 0.149. The van der Waals surface area contributed by atoms with Gasteiger partial charge in [0.15, 0.2) is 0 Å². The molecule has 2 N–H and O–H groups in total. The molecule has 1 aromatic heterocycles. The van der Waals surface area contributed by atoms with E-state index < -0.39 is 6.09 Å². The van der Waals surface area contributed by atoms with Crippen LogP contribution < -0.4 is 10.5 Å². The highest BCUT2D eigenvalue weighted by Crippen LogP contribution is 2.13. The van der Waals surface area contributed by atoms with Crippen LogP contribution in [-0.4, -0.2) is 28.2 Å². The van der Waals surface area contributed by atoms with E-state index in [4.69, 9.17) is 10.5 Å². The Bertz CT molecular complexity index is 568. The van der Waals surface area contributed by atoms with Crippen molar-refractivity contribution in [2.24, 2.45) is 5.73 Å². The molecular weight excluding hydrogens is 248 g/mol. The van der Waals surface area contributed by atoms with E-state index in [0.29, 0.717) is 12.2 Å². The number of benzene rings is 1. The highest BCUT2D eigenvalue weighted by atomic mass is 16.5. The second-order valence-electron chi connectivity index (χ2n) is 3.87. The topological polar surface area (TPSA) is 92.3 Å². The van der Waals surface area contributed by atoms with Gasteiger partial charge < -0.3 is 15.2 Å². The van der Waals surface area contributed by atoms with Crippen molar-refractivity contribution < 1.29 is 14.3 Å². The maximum absolute atomic E-state index is 10.5. The lowest BCUT2D eigenvalue weighted by Crippen LogP contribution is -2.12. The summed E-state index contributed by atoms with van der Waals surface area (Å²) in [5.74, 6) is 0.787. The minimum atomic E-state index is -0.831. The summed E-state index contributed by atoms with van der Waals surface area (Å²) in [6.07, 6.45) is 0.866. The van der Waals surface area contributed by atoms with Crippen LogP contribution in [0.15, 0.2) is 30.5 Å². The minimum absolute atomic E-state index is 0.0213. The zero-order chi connectivity index (χ0) is 13.7. The van der Waals surface area contributed by atoms with Crippen LogP contribution in [0.25, 0.3) is 0 Å². The first-order chi connectivity index (χ1) is 9.17. The van der Waals surface area contributed by atoms with Gasteiger partial charge in [0, 0.05) is 0 Å². The Labute approximate surface area is 109 Å². The van der Waals surface area contributed by atoms with E-state index in [0.717, 1.165) is 11.3 Å². The van der Waals surface area contributed by atoms with E-state index in [9.17, 15) is 4.79 Å². The Balaban J connectivity index is 2.00. The number of rotatable bonds is 5. The van der Waals surface area contributed by atoms with E-state index in [-0.39, 0.29) is 6.61 Å². The Kier molecular flexibility index (Phi) is 3.97. The Morgan fingerprint density at radius 1 is 1.47 bits per heavy atom. The predicted octanol–water partition coefficient (Wildman–Crippen LogP) is 0.930. The molecule has 0 atom stereocenters. The second kappa shape index (κ2) is 5.85. The van der Waals surface area contributed by atoms with Crippen molar-refractivity contribution >= 4 is 6.09 Å². The molecule has 2 aromatic rings. The van der Waals surface area contributed by atoms with Gasteiger partial charge in [0.2, 0.25) is 0 Å². The van der Waals surface area contributed by atoms with Crippen LogP contribution in [0, 0.1) is 0 Å². The van der Waals surface area contributed by atoms with Crippen LogP contribution in [0.2, 0.25) is 0 Å². The normalized spacial score (nSPS) is 10.2. The molecule has 0 spiro atoms. The van der Waals surface area contributed by atoms with Crippen LogP contribution in [0.3, 0.4) is 0 Å². The van der Waals surface area contributed by atoms with E-state index in [1.165, 1.54) is 0 Å². The number of hydrogen-bond acceptors (Lipinski definition) is 5. The number of carbonyl (C=O) groups is 1. The molecule has 19 heavy (non-hydrogen) atoms. The summed E-state index contributed by atoms with van der Waals surface area (Å²) in [6, 6.07) is 7.66. The van der Waals surface area contributed by atoms with Crippen LogP contribution >= 0.6 is 0 Å². The fourth-order valence-corrected chi connectivity index (χ4v) is 1.58. The van der Waals surface area contributed by atoms with Gasteiger partial charge in [-0.15, -0.1) is 5.10 Å². The summed E-state index contributed by atoms with van der Waals surface area (Å²) in [7, 11) is 1.62. The molecule has 1 aromatic carbocycles. The van der Waals surface area contributed by atoms with Crippen LogP contribution in [0.5, 0.6) is 5.75 Å². The summed E-state index contributed by atoms with van der Waals surface area (Å²) >= 11 is 0. The number of amides is 1. The zero-order valence-electron chi connectivity index (χ0n) is 10.4. The van der Waals surface area contributed by atoms with E-state index in [2.05, 4.69) is 15.0 Å². The molecule has 7 nitrogen and oxygen atoms in total. The number of hydrogen-bond donors (Lipinski definition) is 1. The highest BCUT2D eigenvalue weighted by molar-refractivity contribution is 5.64. The summed E-state index contributed by atoms with van der Waals surface area (Å²) in [5.41, 5.74) is 6.45. The Hall–Kier alpha value is -2.57. The third-order valence-corrected chi connectivity index (χ3v) is 2.43. The third kappa shape index (κ3) is 3.70. The van der Waals surface area contributed by atoms with E-state index >= 15 is 0 Å². The number of nitrogens with two attached hydrogens (primary N) is 1. The fourth-order valence-electron chi connectivity index (χ4n) is 1.58. The first-order valence-electron chi connectivity index (χ1n) is 5.61. The molecule has 1 heterocycles. The van der Waals surface area contributed by atoms with Crippen molar-refractivity contribution in [3.8, 4) is 5.75 Å². The summed E-state index contributed by atoms with van der Waals surface area (Å²) in [4.78, 5) is 10.5. The predicted molar refractivity (Wildman–Crippen MR) is 66.5 cm³/mol. The molecule has 0 aliphatic rings. The van der Waals surface area contributed by atoms with Crippen molar-refractivity contribution in [1.29, 1.82) is 0 Å². The van der Waals surface area contributed by atoms with Crippen LogP contribution in [0.4, 0.5) is 4.79 Å². The minimum Gasteiger partial charge on any atom is -0.497 e. The summed E-state index contributed by atoms with van der Waals surface area (Å²) < 4.78 is 11.4. The van der Waals surface area contributed by atoms with E-state index in [1.807, 2.05) is 24.3 Å². The molecule has 100 valence electrons. The quantitative estimate of drug-likeness (QED) is 0.865. The van der Waals surface area contributed by atoms with Crippen molar-refractivity contribution in [1.82, 2.24) is 15.0 Å². The van der Waals surface area contributed by atoms with Gasteiger partial charge in [-0.3, -0.25) is 0 Å². The molecule has 7 heteroatoms. The average molecular weight is 262 g/mol. The number of primary amides is 1. The van der Waals surface area contributed by atoms with Crippen LogP contribution in [-0.2, 0) is 17.9 Å². The largest absolute Gasteiger partial charge is 0.497 e. The van der Waals surface area contributed by atoms with Gasteiger partial charge >= 0.3 is 6.09 Å². The molecule has 0 aliphatic heterocycles. The molecule has 0 bridgehead atoms. The first-order valence-corrected chi connectivity index (χ1v) is 5.61. The van der Waals surface area contributed by atoms with Crippen molar-refractivity contribution in [2.75, 3.05) is 7.11 Å². The number of ether oxygens (including phenoxy) is 2. The smallest absolute Gasteiger partial charge is 0.404 e. The summed E-state index contributed by atoms with van der Waals surface area (Å²) in [5, 5.41) is 7.81. The van der Waals surface area contributed by atoms with Gasteiger partial charge in [-0.05, 0) is 17.7 Å². The van der Waals surface area contributed by atoms with Gasteiger partial charge in [0.1, 0.15) is 18.1 Å². The molecule has 0 fully saturated rings. The van der Waals surface area contributed by atoms with E-state index in [1.54, 1.807) is 18.0 Å². The molecule has 0 unspecified atom stereocenters. The first kappa shape index (κ1) is 12.9. The highest BCUT2D eigenvalue weighted by Gasteiger charge is 2.04. The average Bonchev–Trinajstić information content (AvgIpc) is 2.84. The number of carbonyl (C=O) groups excluding carboxylic acids is 1. The number of nitrogens with zero attached hydrogens (tertiary/aromatic N) is 3. The second-order valence-corrected chi connectivity index (χ2v) is 3.87. The van der Waals surface area contributed by atoms with Crippen LogP contribution in [0.1, 0.15) is 11.3 Å². The SMILES string of the molecule is COc1cccc(Cn2cc(COC(N)=O)nn2)c1. The molecule has 1 amide bonds. The molecule has 2 rings (SSSR count). The van der Waals surface area contributed by atoms with Crippen molar-refractivity contribution in [3.63, 3.8) is 0 Å². The lowest BCUT2D eigenvalue weighted by Gasteiger charge is -2.03. The molecule has 0 aliphatic carbocycles. The van der Waals surface area contributed by atoms with Gasteiger partial charge in [-0.25, -0.2) is 9.48 Å². The maximum atomic E-state index is 10.5. The standard InChI is InChI=1S/C12H14N4O3/c1-18-11-4-2-3-9(5-11)6-16-7-10(14-15-16)8-19-12(13)17/h2-5,7H,6,8H2,1H3,(H2,13,17). The zero-order valence-corrected chi connectivity index (χ0v) is 10.4. The monoisotopic (exact) mass is 262 g/mol. The molecule has 0 saturated heterocycles. The molecule has 0 saturated carbocycles. The number of methoxy groups -OCH3 is 1. The van der Waals surface area contributed by atoms with Gasteiger partial charge in [0.05, 0.1) is 19.9 Å².